The smallest absolute Gasteiger partial charge is 0.253 e. The third kappa shape index (κ3) is 8.99. The van der Waals surface area contributed by atoms with Crippen LogP contribution in [0.25, 0.3) is 0 Å². The summed E-state index contributed by atoms with van der Waals surface area (Å²) in [5, 5.41) is 7.81. The van der Waals surface area contributed by atoms with Crippen molar-refractivity contribution < 1.29 is 18.8 Å². The van der Waals surface area contributed by atoms with Crippen molar-refractivity contribution in [2.75, 3.05) is 18.4 Å². The minimum Gasteiger partial charge on any atom is -0.347 e. The van der Waals surface area contributed by atoms with Gasteiger partial charge in [0, 0.05) is 59.2 Å². The average molecular weight is 567 g/mol. The number of amides is 3. The van der Waals surface area contributed by atoms with Crippen molar-refractivity contribution >= 4 is 34.7 Å². The van der Waals surface area contributed by atoms with Crippen LogP contribution < -0.4 is 16.4 Å². The van der Waals surface area contributed by atoms with Crippen LogP contribution in [-0.2, 0) is 11.2 Å². The molecule has 3 atom stereocenters. The molecule has 0 aliphatic rings. The lowest BCUT2D eigenvalue weighted by atomic mass is 9.93. The molecule has 0 bridgehead atoms. The predicted molar refractivity (Wildman–Crippen MR) is 159 cm³/mol. The van der Waals surface area contributed by atoms with Crippen LogP contribution in [0.3, 0.4) is 0 Å². The summed E-state index contributed by atoms with van der Waals surface area (Å²) in [7, 11) is 0. The lowest BCUT2D eigenvalue weighted by Crippen LogP contribution is -2.50. The van der Waals surface area contributed by atoms with Gasteiger partial charge in [-0.3, -0.25) is 14.4 Å². The van der Waals surface area contributed by atoms with Crippen molar-refractivity contribution in [2.45, 2.75) is 58.5 Å². The molecule has 0 fully saturated rings. The monoisotopic (exact) mass is 566 g/mol. The van der Waals surface area contributed by atoms with E-state index < -0.39 is 18.0 Å². The largest absolute Gasteiger partial charge is 0.347 e. The van der Waals surface area contributed by atoms with Crippen LogP contribution in [0.4, 0.5) is 10.1 Å². The Labute approximate surface area is 240 Å². The molecular weight excluding hydrogens is 527 g/mol. The van der Waals surface area contributed by atoms with Crippen LogP contribution in [0.2, 0.25) is 0 Å². The summed E-state index contributed by atoms with van der Waals surface area (Å²) in [5.74, 6) is -1.49. The number of halogens is 1. The zero-order valence-corrected chi connectivity index (χ0v) is 24.2. The van der Waals surface area contributed by atoms with E-state index in [9.17, 15) is 18.8 Å². The van der Waals surface area contributed by atoms with E-state index in [4.69, 9.17) is 5.73 Å². The Bertz CT molecular complexity index is 1240. The number of benzene rings is 2. The Morgan fingerprint density at radius 3 is 2.27 bits per heavy atom. The Balaban J connectivity index is 1.72. The van der Waals surface area contributed by atoms with Crippen molar-refractivity contribution in [3.8, 4) is 0 Å². The Hall–Kier alpha value is -3.56. The lowest BCUT2D eigenvalue weighted by molar-refractivity contribution is -0.119. The molecular formula is C31H39FN4O3S. The molecule has 7 nitrogen and oxygen atoms in total. The van der Waals surface area contributed by atoms with E-state index in [-0.39, 0.29) is 23.5 Å². The van der Waals surface area contributed by atoms with Crippen LogP contribution in [0.1, 0.15) is 65.6 Å². The third-order valence-electron chi connectivity index (χ3n) is 6.67. The number of nitrogens with two attached hydrogens (primary N) is 1. The number of hydrogen-bond donors (Lipinski definition) is 3. The number of thiophene rings is 1. The average Bonchev–Trinajstić information content (AvgIpc) is 3.46. The van der Waals surface area contributed by atoms with Gasteiger partial charge in [0.15, 0.2) is 0 Å². The second-order valence-electron chi connectivity index (χ2n) is 10.0. The normalized spacial score (nSPS) is 13.2. The summed E-state index contributed by atoms with van der Waals surface area (Å²) in [6.45, 7) is 7.16. The molecule has 40 heavy (non-hydrogen) atoms. The quantitative estimate of drug-likeness (QED) is 0.240. The summed E-state index contributed by atoms with van der Waals surface area (Å²) < 4.78 is 13.2. The molecule has 0 aliphatic heterocycles. The number of nitrogens with one attached hydrogen (secondary N) is 2. The van der Waals surface area contributed by atoms with E-state index in [0.717, 1.165) is 17.7 Å². The molecule has 3 aromatic rings. The first-order valence-corrected chi connectivity index (χ1v) is 14.6. The van der Waals surface area contributed by atoms with E-state index in [1.54, 1.807) is 42.5 Å². The highest BCUT2D eigenvalue weighted by atomic mass is 32.1. The van der Waals surface area contributed by atoms with Crippen molar-refractivity contribution in [1.82, 2.24) is 10.2 Å². The van der Waals surface area contributed by atoms with Crippen molar-refractivity contribution in [2.24, 2.45) is 11.7 Å². The van der Waals surface area contributed by atoms with Gasteiger partial charge in [-0.05, 0) is 73.2 Å². The number of carbonyl (C=O) groups is 3. The maximum Gasteiger partial charge on any atom is 0.253 e. The van der Waals surface area contributed by atoms with Crippen LogP contribution in [0.15, 0.2) is 66.0 Å². The molecule has 1 heterocycles. The molecule has 0 unspecified atom stereocenters. The first-order valence-electron chi connectivity index (χ1n) is 13.8. The summed E-state index contributed by atoms with van der Waals surface area (Å²) in [4.78, 5) is 42.1. The molecule has 0 radical (unpaired) electrons. The number of carbonyl (C=O) groups excluding carboxylic acids is 3. The topological polar surface area (TPSA) is 105 Å². The maximum absolute atomic E-state index is 13.4. The molecule has 4 N–H and O–H groups in total. The highest BCUT2D eigenvalue weighted by Gasteiger charge is 2.26. The molecule has 214 valence electrons. The lowest BCUT2D eigenvalue weighted by Gasteiger charge is -2.27. The van der Waals surface area contributed by atoms with E-state index in [1.165, 1.54) is 24.3 Å². The molecule has 0 saturated heterocycles. The van der Waals surface area contributed by atoms with Gasteiger partial charge in [0.25, 0.3) is 11.8 Å². The highest BCUT2D eigenvalue weighted by Crippen LogP contribution is 2.18. The Kier molecular flexibility index (Phi) is 11.8. The van der Waals surface area contributed by atoms with Gasteiger partial charge in [-0.15, -0.1) is 11.3 Å². The first kappa shape index (κ1) is 31.0. The second kappa shape index (κ2) is 15.3. The van der Waals surface area contributed by atoms with Gasteiger partial charge in [-0.2, -0.15) is 0 Å². The van der Waals surface area contributed by atoms with Gasteiger partial charge in [0.05, 0.1) is 0 Å². The number of rotatable bonds is 14. The Morgan fingerprint density at radius 2 is 1.65 bits per heavy atom. The number of anilines is 1. The fraction of sp³-hybridized carbons (Fsp3) is 0.387. The molecule has 2 aromatic carbocycles. The van der Waals surface area contributed by atoms with Crippen LogP contribution in [-0.4, -0.2) is 47.8 Å². The van der Waals surface area contributed by atoms with E-state index in [1.807, 2.05) is 36.3 Å². The fourth-order valence-corrected chi connectivity index (χ4v) is 5.28. The van der Waals surface area contributed by atoms with Crippen LogP contribution in [0, 0.1) is 11.7 Å². The fourth-order valence-electron chi connectivity index (χ4n) is 4.52. The van der Waals surface area contributed by atoms with Gasteiger partial charge < -0.3 is 21.3 Å². The van der Waals surface area contributed by atoms with Crippen molar-refractivity contribution in [3.63, 3.8) is 0 Å². The summed E-state index contributed by atoms with van der Waals surface area (Å²) in [6.07, 6.45) is 2.55. The van der Waals surface area contributed by atoms with E-state index >= 15 is 0 Å². The predicted octanol–water partition coefficient (Wildman–Crippen LogP) is 5.48. The minimum absolute atomic E-state index is 0.0915. The second-order valence-corrected chi connectivity index (χ2v) is 11.1. The molecule has 3 amide bonds. The number of nitrogens with zero attached hydrogens (tertiary/aromatic N) is 1. The highest BCUT2D eigenvalue weighted by molar-refractivity contribution is 7.09. The van der Waals surface area contributed by atoms with Gasteiger partial charge in [-0.1, -0.05) is 32.9 Å². The van der Waals surface area contributed by atoms with Gasteiger partial charge in [-0.25, -0.2) is 4.39 Å². The van der Waals surface area contributed by atoms with E-state index in [0.29, 0.717) is 42.7 Å². The third-order valence-corrected chi connectivity index (χ3v) is 7.56. The summed E-state index contributed by atoms with van der Waals surface area (Å²) in [6, 6.07) is 15.3. The van der Waals surface area contributed by atoms with Crippen molar-refractivity contribution in [3.05, 3.63) is 87.9 Å². The van der Waals surface area contributed by atoms with Gasteiger partial charge in [0.1, 0.15) is 5.82 Å². The zero-order chi connectivity index (χ0) is 29.1. The minimum atomic E-state index is -0.519. The van der Waals surface area contributed by atoms with Crippen molar-refractivity contribution in [1.29, 1.82) is 0 Å². The molecule has 0 saturated carbocycles. The van der Waals surface area contributed by atoms with Gasteiger partial charge in [0.2, 0.25) is 5.91 Å². The molecule has 1 aromatic heterocycles. The molecule has 0 aliphatic carbocycles. The maximum atomic E-state index is 13.4. The van der Waals surface area contributed by atoms with Gasteiger partial charge >= 0.3 is 0 Å². The standard InChI is InChI=1S/C31H39FN4O3S/c1-4-15-36(16-5-2)31(39)23-9-6-8-22(19-23)30(38)35-28(20-26-10-7-17-40-26)27(33)18-21(3)29(37)34-25-13-11-24(32)12-14-25/h6-14,17,19,21,27-28H,4-5,15-16,18,20,33H2,1-3H3,(H,34,37)(H,35,38)/t21-,27+,28+/m1/s1. The summed E-state index contributed by atoms with van der Waals surface area (Å²) in [5.41, 5.74) is 7.95. The molecule has 9 heteroatoms. The molecule has 0 spiro atoms. The SMILES string of the molecule is CCCN(CCC)C(=O)c1cccc(C(=O)N[C@@H](Cc2cccs2)[C@@H](N)C[C@@H](C)C(=O)Nc2ccc(F)cc2)c1. The zero-order valence-electron chi connectivity index (χ0n) is 23.4. The first-order chi connectivity index (χ1) is 19.2. The van der Waals surface area contributed by atoms with Crippen LogP contribution in [0.5, 0.6) is 0 Å². The number of hydrogen-bond acceptors (Lipinski definition) is 5. The van der Waals surface area contributed by atoms with Crippen LogP contribution >= 0.6 is 11.3 Å². The van der Waals surface area contributed by atoms with E-state index in [2.05, 4.69) is 10.6 Å². The Morgan fingerprint density at radius 1 is 0.975 bits per heavy atom. The summed E-state index contributed by atoms with van der Waals surface area (Å²) >= 11 is 1.57. The molecule has 3 rings (SSSR count).